The average molecular weight is 896 g/mol. The number of aliphatic hydroxyl groups excluding tert-OH is 1. The smallest absolute Gasteiger partial charge is 0.407 e. The maximum atomic E-state index is 14.2. The summed E-state index contributed by atoms with van der Waals surface area (Å²) in [6.45, 7) is 1.67. The number of rotatable bonds is 16. The Balaban J connectivity index is 1.09. The van der Waals surface area contributed by atoms with E-state index in [2.05, 4.69) is 36.8 Å². The van der Waals surface area contributed by atoms with Crippen LogP contribution in [0.25, 0.3) is 5.70 Å². The molecule has 6 rings (SSSR count). The SMILES string of the molecule is COC(=O)N[C@H](C(=O)NN(Cc1ccc(C(N)=CC=NC(F)F)cc1)C[C@H](O)[C@@H](N)Cc1ccc(C#Cc2ccc(N3CC4CCC(C3)N4C3COC3)nc2)cc1)C(C)(C)C(F)(F)F. The second-order valence-electron chi connectivity index (χ2n) is 16.8. The third kappa shape index (κ3) is 12.1. The summed E-state index contributed by atoms with van der Waals surface area (Å²) in [7, 11) is 0.946. The fourth-order valence-electron chi connectivity index (χ4n) is 7.99. The molecule has 4 heterocycles. The fourth-order valence-corrected chi connectivity index (χ4v) is 7.99. The molecule has 14 nitrogen and oxygen atoms in total. The Kier molecular flexibility index (Phi) is 15.6. The molecule has 2 amide bonds. The van der Waals surface area contributed by atoms with E-state index in [1.807, 2.05) is 41.7 Å². The van der Waals surface area contributed by atoms with Crippen LogP contribution in [0, 0.1) is 17.3 Å². The molecule has 344 valence electrons. The number of amides is 2. The number of carbonyl (C=O) groups excluding carboxylic acids is 2. The Bertz CT molecular complexity index is 2160. The van der Waals surface area contributed by atoms with Crippen molar-refractivity contribution in [1.29, 1.82) is 0 Å². The van der Waals surface area contributed by atoms with E-state index >= 15 is 0 Å². The third-order valence-electron chi connectivity index (χ3n) is 11.9. The van der Waals surface area contributed by atoms with Crippen LogP contribution >= 0.6 is 0 Å². The highest BCUT2D eigenvalue weighted by molar-refractivity contribution is 5.86. The predicted octanol–water partition coefficient (Wildman–Crippen LogP) is 4.20. The first-order chi connectivity index (χ1) is 30.4. The van der Waals surface area contributed by atoms with Gasteiger partial charge in [0.2, 0.25) is 0 Å². The second-order valence-corrected chi connectivity index (χ2v) is 16.8. The number of alkyl halides is 5. The number of nitrogens with two attached hydrogens (primary N) is 2. The molecule has 5 atom stereocenters. The zero-order valence-electron chi connectivity index (χ0n) is 35.8. The first kappa shape index (κ1) is 47.8. The summed E-state index contributed by atoms with van der Waals surface area (Å²) in [4.78, 5) is 38.4. The minimum atomic E-state index is -4.93. The number of carbonyl (C=O) groups is 2. The molecule has 19 heteroatoms. The summed E-state index contributed by atoms with van der Waals surface area (Å²) < 4.78 is 77.3. The van der Waals surface area contributed by atoms with Gasteiger partial charge in [-0.15, -0.1) is 0 Å². The summed E-state index contributed by atoms with van der Waals surface area (Å²) in [5.74, 6) is 6.02. The van der Waals surface area contributed by atoms with Crippen LogP contribution in [0.1, 0.15) is 54.5 Å². The van der Waals surface area contributed by atoms with Gasteiger partial charge in [0.15, 0.2) is 0 Å². The number of alkyl carbamates (subject to hydrolysis) is 1. The van der Waals surface area contributed by atoms with Crippen molar-refractivity contribution in [2.75, 3.05) is 44.9 Å². The quantitative estimate of drug-likeness (QED) is 0.0457. The number of hydrogen-bond donors (Lipinski definition) is 5. The molecule has 1 aromatic heterocycles. The summed E-state index contributed by atoms with van der Waals surface area (Å²) in [6, 6.07) is 16.1. The lowest BCUT2D eigenvalue weighted by atomic mass is 9.83. The van der Waals surface area contributed by atoms with Crippen molar-refractivity contribution < 1.29 is 46.1 Å². The molecule has 0 aliphatic carbocycles. The molecule has 0 saturated carbocycles. The lowest BCUT2D eigenvalue weighted by molar-refractivity contribution is -0.221. The lowest BCUT2D eigenvalue weighted by Crippen LogP contribution is -2.62. The van der Waals surface area contributed by atoms with Crippen LogP contribution in [0.15, 0.2) is 77.9 Å². The highest BCUT2D eigenvalue weighted by Gasteiger charge is 2.56. The van der Waals surface area contributed by atoms with E-state index in [1.165, 1.54) is 23.9 Å². The maximum absolute atomic E-state index is 14.2. The Morgan fingerprint density at radius 1 is 1.00 bits per heavy atom. The second kappa shape index (κ2) is 20.9. The van der Waals surface area contributed by atoms with Crippen LogP contribution in [0.5, 0.6) is 0 Å². The molecule has 2 aromatic carbocycles. The summed E-state index contributed by atoms with van der Waals surface area (Å²) >= 11 is 0. The number of piperazine rings is 1. The van der Waals surface area contributed by atoms with Crippen molar-refractivity contribution in [1.82, 2.24) is 25.6 Å². The minimum Gasteiger partial charge on any atom is -0.453 e. The number of allylic oxidation sites excluding steroid dienone is 1. The van der Waals surface area contributed by atoms with Gasteiger partial charge in [0.05, 0.1) is 37.9 Å². The van der Waals surface area contributed by atoms with E-state index in [0.29, 0.717) is 29.3 Å². The van der Waals surface area contributed by atoms with Gasteiger partial charge in [-0.25, -0.2) is 19.8 Å². The van der Waals surface area contributed by atoms with Gasteiger partial charge in [-0.05, 0) is 80.1 Å². The number of anilines is 1. The van der Waals surface area contributed by atoms with E-state index in [9.17, 15) is 36.6 Å². The molecular weight excluding hydrogens is 842 g/mol. The Morgan fingerprint density at radius 2 is 1.62 bits per heavy atom. The van der Waals surface area contributed by atoms with Crippen LogP contribution in [0.3, 0.4) is 0 Å². The lowest BCUT2D eigenvalue weighted by Gasteiger charge is -2.47. The molecule has 3 aromatic rings. The van der Waals surface area contributed by atoms with Gasteiger partial charge in [0.25, 0.3) is 5.91 Å². The minimum absolute atomic E-state index is 0.127. The van der Waals surface area contributed by atoms with Gasteiger partial charge in [-0.2, -0.15) is 22.0 Å². The standard InChI is InChI=1S/C45H54F5N9O5/c1-44(2,45(48,49)50)40(55-43(62)63-3)41(61)56-58(22-31-10-13-32(14-11-31)36(51)18-19-53-42(46)47)25-38(60)37(52)20-29-7-4-28(5-8-29)6-9-30-12-17-39(54-21-30)57-23-33-15-16-34(24-57)59(33)35-26-64-27-35/h4-5,7-8,10-14,17-19,21,33-35,37-38,40,42,60H,15-16,20,22-27,51-52H2,1-3H3,(H,55,62)(H,56,61)/t33?,34?,37-,38-,40+/m0/s1. The number of hydrogen-bond acceptors (Lipinski definition) is 12. The molecule has 3 aliphatic rings. The van der Waals surface area contributed by atoms with Crippen LogP contribution in [-0.2, 0) is 27.2 Å². The number of aliphatic hydroxyl groups is 1. The monoisotopic (exact) mass is 895 g/mol. The van der Waals surface area contributed by atoms with Gasteiger partial charge >= 0.3 is 18.8 Å². The molecule has 0 radical (unpaired) electrons. The zero-order valence-corrected chi connectivity index (χ0v) is 35.8. The number of hydrazine groups is 1. The number of nitrogens with one attached hydrogen (secondary N) is 2. The predicted molar refractivity (Wildman–Crippen MR) is 231 cm³/mol. The topological polar surface area (TPSA) is 184 Å². The molecule has 2 bridgehead atoms. The molecule has 7 N–H and O–H groups in total. The number of fused-ring (bicyclic) bond motifs is 2. The van der Waals surface area contributed by atoms with Crippen LogP contribution in [0.2, 0.25) is 0 Å². The largest absolute Gasteiger partial charge is 0.453 e. The third-order valence-corrected chi connectivity index (χ3v) is 11.9. The van der Waals surface area contributed by atoms with Crippen LogP contribution in [0.4, 0.5) is 32.6 Å². The van der Waals surface area contributed by atoms with E-state index in [-0.39, 0.29) is 25.2 Å². The summed E-state index contributed by atoms with van der Waals surface area (Å²) in [6.07, 6.45) is -1.09. The number of aliphatic imine (C=N–C) groups is 1. The van der Waals surface area contributed by atoms with E-state index in [1.54, 1.807) is 30.5 Å². The Morgan fingerprint density at radius 3 is 2.19 bits per heavy atom. The van der Waals surface area contributed by atoms with Crippen molar-refractivity contribution >= 4 is 29.7 Å². The van der Waals surface area contributed by atoms with Crippen molar-refractivity contribution in [3.63, 3.8) is 0 Å². The number of methoxy groups -OCH3 is 1. The number of ether oxygens (including phenoxy) is 2. The molecular formula is C45H54F5N9O5. The zero-order chi connectivity index (χ0) is 46.2. The van der Waals surface area contributed by atoms with Gasteiger partial charge in [0, 0.05) is 73.5 Å². The molecule has 0 spiro atoms. The van der Waals surface area contributed by atoms with Gasteiger partial charge in [-0.1, -0.05) is 48.2 Å². The number of benzene rings is 2. The Hall–Kier alpha value is -5.65. The first-order valence-electron chi connectivity index (χ1n) is 20.9. The Labute approximate surface area is 368 Å². The van der Waals surface area contributed by atoms with E-state index in [0.717, 1.165) is 76.0 Å². The average Bonchev–Trinajstić information content (AvgIpc) is 3.47. The fraction of sp³-hybridized carbons (Fsp3) is 0.467. The number of pyridine rings is 1. The van der Waals surface area contributed by atoms with Crippen molar-refractivity contribution in [3.8, 4) is 11.8 Å². The number of halogens is 5. The molecule has 3 aliphatic heterocycles. The first-order valence-corrected chi connectivity index (χ1v) is 20.9. The van der Waals surface area contributed by atoms with Crippen molar-refractivity contribution in [2.24, 2.45) is 21.9 Å². The normalized spacial score (nSPS) is 19.8. The summed E-state index contributed by atoms with van der Waals surface area (Å²) in [5, 5.41) is 14.5. The highest BCUT2D eigenvalue weighted by Crippen LogP contribution is 2.41. The molecule has 2 unspecified atom stereocenters. The van der Waals surface area contributed by atoms with E-state index in [4.69, 9.17) is 21.2 Å². The van der Waals surface area contributed by atoms with Crippen molar-refractivity contribution in [2.45, 2.75) is 88.7 Å². The summed E-state index contributed by atoms with van der Waals surface area (Å²) in [5.41, 5.74) is 15.5. The van der Waals surface area contributed by atoms with Gasteiger partial charge in [0.1, 0.15) is 11.9 Å². The molecule has 64 heavy (non-hydrogen) atoms. The van der Waals surface area contributed by atoms with Gasteiger partial charge in [-0.3, -0.25) is 15.1 Å². The van der Waals surface area contributed by atoms with Gasteiger partial charge < -0.3 is 36.3 Å². The van der Waals surface area contributed by atoms with Crippen LogP contribution < -0.4 is 27.1 Å². The van der Waals surface area contributed by atoms with E-state index < -0.39 is 48.3 Å². The van der Waals surface area contributed by atoms with Crippen LogP contribution in [-0.4, -0.2) is 127 Å². The highest BCUT2D eigenvalue weighted by atomic mass is 19.4. The van der Waals surface area contributed by atoms with Crippen molar-refractivity contribution in [3.05, 3.63) is 101 Å². The number of nitrogens with zero attached hydrogens (tertiary/aromatic N) is 5. The number of aromatic nitrogens is 1. The maximum Gasteiger partial charge on any atom is 0.407 e. The molecule has 3 fully saturated rings. The molecule has 3 saturated heterocycles.